The van der Waals surface area contributed by atoms with Crippen molar-refractivity contribution in [1.29, 1.82) is 0 Å². The lowest BCUT2D eigenvalue weighted by Crippen LogP contribution is -2.30. The molecule has 2 fully saturated rings. The largest absolute Gasteiger partial charge is 0.505 e. The molecule has 3 rings (SSSR count). The SMILES string of the molecule is O=C1CN(c2c(O)cc(OC3CCNC3)cc2F)S(=O)(=O)N1. The van der Waals surface area contributed by atoms with Gasteiger partial charge in [0.2, 0.25) is 0 Å². The van der Waals surface area contributed by atoms with E-state index in [0.717, 1.165) is 25.1 Å². The summed E-state index contributed by atoms with van der Waals surface area (Å²) in [4.78, 5) is 11.2. The van der Waals surface area contributed by atoms with E-state index in [-0.39, 0.29) is 11.9 Å². The number of phenolic OH excluding ortho intramolecular Hbond substituents is 1. The molecule has 2 aliphatic heterocycles. The molecule has 1 unspecified atom stereocenters. The number of carbonyl (C=O) groups is 1. The summed E-state index contributed by atoms with van der Waals surface area (Å²) < 4.78 is 45.4. The van der Waals surface area contributed by atoms with Gasteiger partial charge in [-0.15, -0.1) is 0 Å². The van der Waals surface area contributed by atoms with Gasteiger partial charge in [0.15, 0.2) is 5.82 Å². The Bertz CT molecular complexity index is 694. The van der Waals surface area contributed by atoms with Crippen molar-refractivity contribution in [2.75, 3.05) is 23.9 Å². The number of nitrogens with one attached hydrogen (secondary N) is 2. The molecule has 10 heteroatoms. The van der Waals surface area contributed by atoms with E-state index in [4.69, 9.17) is 4.74 Å². The first-order valence-corrected chi connectivity index (χ1v) is 8.04. The maximum atomic E-state index is 14.2. The molecule has 2 aliphatic rings. The lowest BCUT2D eigenvalue weighted by molar-refractivity contribution is -0.117. The Morgan fingerprint density at radius 1 is 1.41 bits per heavy atom. The molecule has 0 aliphatic carbocycles. The van der Waals surface area contributed by atoms with Crippen LogP contribution in [0, 0.1) is 5.82 Å². The van der Waals surface area contributed by atoms with E-state index in [1.165, 1.54) is 0 Å². The highest BCUT2D eigenvalue weighted by atomic mass is 32.2. The molecule has 1 aromatic carbocycles. The number of halogens is 1. The summed E-state index contributed by atoms with van der Waals surface area (Å²) in [6.45, 7) is 0.819. The molecule has 22 heavy (non-hydrogen) atoms. The van der Waals surface area contributed by atoms with Gasteiger partial charge in [-0.25, -0.2) is 13.4 Å². The zero-order chi connectivity index (χ0) is 15.9. The Balaban J connectivity index is 1.91. The van der Waals surface area contributed by atoms with Gasteiger partial charge in [-0.2, -0.15) is 8.42 Å². The van der Waals surface area contributed by atoms with Gasteiger partial charge in [0.05, 0.1) is 0 Å². The van der Waals surface area contributed by atoms with Crippen LogP contribution in [0.15, 0.2) is 12.1 Å². The normalized spacial score (nSPS) is 23.6. The van der Waals surface area contributed by atoms with Crippen molar-refractivity contribution in [3.05, 3.63) is 17.9 Å². The number of rotatable bonds is 3. The van der Waals surface area contributed by atoms with Gasteiger partial charge in [0.25, 0.3) is 5.91 Å². The van der Waals surface area contributed by atoms with Crippen molar-refractivity contribution in [3.63, 3.8) is 0 Å². The third-order valence-corrected chi connectivity index (χ3v) is 4.78. The van der Waals surface area contributed by atoms with Gasteiger partial charge in [0, 0.05) is 18.7 Å². The van der Waals surface area contributed by atoms with E-state index in [1.807, 2.05) is 0 Å². The van der Waals surface area contributed by atoms with E-state index in [1.54, 1.807) is 4.72 Å². The zero-order valence-corrected chi connectivity index (χ0v) is 12.2. The number of anilines is 1. The number of ether oxygens (including phenoxy) is 1. The number of phenols is 1. The van der Waals surface area contributed by atoms with Crippen molar-refractivity contribution in [1.82, 2.24) is 10.0 Å². The van der Waals surface area contributed by atoms with Gasteiger partial charge in [-0.05, 0) is 13.0 Å². The molecule has 0 saturated carbocycles. The minimum Gasteiger partial charge on any atom is -0.505 e. The van der Waals surface area contributed by atoms with Crippen LogP contribution in [0.3, 0.4) is 0 Å². The van der Waals surface area contributed by atoms with Crippen LogP contribution in [-0.4, -0.2) is 45.2 Å². The summed E-state index contributed by atoms with van der Waals surface area (Å²) in [6, 6.07) is 2.13. The molecule has 1 amide bonds. The number of amides is 1. The highest BCUT2D eigenvalue weighted by molar-refractivity contribution is 7.92. The fourth-order valence-corrected chi connectivity index (χ4v) is 3.61. The molecule has 1 atom stereocenters. The molecule has 1 aromatic rings. The van der Waals surface area contributed by atoms with Crippen LogP contribution in [-0.2, 0) is 15.0 Å². The number of nitrogens with zero attached hydrogens (tertiary/aromatic N) is 1. The zero-order valence-electron chi connectivity index (χ0n) is 11.4. The van der Waals surface area contributed by atoms with Crippen molar-refractivity contribution in [2.45, 2.75) is 12.5 Å². The highest BCUT2D eigenvalue weighted by Gasteiger charge is 2.37. The lowest BCUT2D eigenvalue weighted by Gasteiger charge is -2.19. The Morgan fingerprint density at radius 2 is 2.18 bits per heavy atom. The predicted octanol–water partition coefficient (Wildman–Crippen LogP) is -0.547. The van der Waals surface area contributed by atoms with Gasteiger partial charge in [-0.1, -0.05) is 0 Å². The quantitative estimate of drug-likeness (QED) is 0.686. The molecular formula is C12H14FN3O5S. The minimum atomic E-state index is -4.19. The molecule has 0 radical (unpaired) electrons. The maximum absolute atomic E-state index is 14.2. The maximum Gasteiger partial charge on any atom is 0.326 e. The molecule has 2 saturated heterocycles. The topological polar surface area (TPSA) is 108 Å². The number of benzene rings is 1. The fraction of sp³-hybridized carbons (Fsp3) is 0.417. The summed E-state index contributed by atoms with van der Waals surface area (Å²) in [7, 11) is -4.19. The number of carbonyl (C=O) groups excluding carboxylic acids is 1. The molecular weight excluding hydrogens is 317 g/mol. The fourth-order valence-electron chi connectivity index (χ4n) is 2.44. The van der Waals surface area contributed by atoms with Crippen molar-refractivity contribution < 1.29 is 27.4 Å². The molecule has 0 bridgehead atoms. The van der Waals surface area contributed by atoms with E-state index in [0.29, 0.717) is 10.8 Å². The number of aromatic hydroxyl groups is 1. The second-order valence-corrected chi connectivity index (χ2v) is 6.64. The van der Waals surface area contributed by atoms with E-state index >= 15 is 0 Å². The Morgan fingerprint density at radius 3 is 2.73 bits per heavy atom. The average Bonchev–Trinajstić information content (AvgIpc) is 2.97. The summed E-state index contributed by atoms with van der Waals surface area (Å²) in [5, 5.41) is 13.0. The summed E-state index contributed by atoms with van der Waals surface area (Å²) in [5.41, 5.74) is -0.574. The predicted molar refractivity (Wildman–Crippen MR) is 74.4 cm³/mol. The Labute approximate surface area is 126 Å². The second kappa shape index (κ2) is 5.29. The summed E-state index contributed by atoms with van der Waals surface area (Å²) in [6.07, 6.45) is 0.617. The smallest absolute Gasteiger partial charge is 0.326 e. The second-order valence-electron chi connectivity index (χ2n) is 5.04. The van der Waals surface area contributed by atoms with Crippen LogP contribution in [0.4, 0.5) is 10.1 Å². The first-order valence-electron chi connectivity index (χ1n) is 6.60. The first-order chi connectivity index (χ1) is 10.4. The monoisotopic (exact) mass is 331 g/mol. The Hall–Kier alpha value is -2.07. The molecule has 3 N–H and O–H groups in total. The van der Waals surface area contributed by atoms with Crippen LogP contribution in [0.2, 0.25) is 0 Å². The van der Waals surface area contributed by atoms with Gasteiger partial charge in [0.1, 0.15) is 29.8 Å². The number of hydrogen-bond donors (Lipinski definition) is 3. The van der Waals surface area contributed by atoms with Crippen LogP contribution >= 0.6 is 0 Å². The highest BCUT2D eigenvalue weighted by Crippen LogP contribution is 2.37. The van der Waals surface area contributed by atoms with Crippen molar-refractivity contribution in [3.8, 4) is 11.5 Å². The third kappa shape index (κ3) is 2.66. The minimum absolute atomic E-state index is 0.100. The standard InChI is InChI=1S/C12H14FN3O5S/c13-9-3-8(21-7-1-2-14-5-7)4-10(17)12(9)16-6-11(18)15-22(16,19)20/h3-4,7,14,17H,1-2,5-6H2,(H,15,18). The third-order valence-electron chi connectivity index (χ3n) is 3.40. The first kappa shape index (κ1) is 14.9. The molecule has 0 spiro atoms. The number of hydrogen-bond acceptors (Lipinski definition) is 6. The summed E-state index contributed by atoms with van der Waals surface area (Å²) >= 11 is 0. The molecule has 0 aromatic heterocycles. The van der Waals surface area contributed by atoms with Gasteiger partial charge in [-0.3, -0.25) is 4.79 Å². The van der Waals surface area contributed by atoms with Gasteiger partial charge >= 0.3 is 10.2 Å². The van der Waals surface area contributed by atoms with Gasteiger partial charge < -0.3 is 15.2 Å². The molecule has 120 valence electrons. The van der Waals surface area contributed by atoms with Crippen molar-refractivity contribution in [2.24, 2.45) is 0 Å². The van der Waals surface area contributed by atoms with E-state index < -0.39 is 39.9 Å². The van der Waals surface area contributed by atoms with Crippen LogP contribution < -0.4 is 19.1 Å². The molecule has 2 heterocycles. The van der Waals surface area contributed by atoms with Crippen LogP contribution in [0.1, 0.15) is 6.42 Å². The summed E-state index contributed by atoms with van der Waals surface area (Å²) in [5.74, 6) is -2.29. The van der Waals surface area contributed by atoms with Crippen LogP contribution in [0.5, 0.6) is 11.5 Å². The van der Waals surface area contributed by atoms with E-state index in [2.05, 4.69) is 5.32 Å². The van der Waals surface area contributed by atoms with E-state index in [9.17, 15) is 22.7 Å². The average molecular weight is 331 g/mol. The Kier molecular flexibility index (Phi) is 3.57. The van der Waals surface area contributed by atoms with Crippen LogP contribution in [0.25, 0.3) is 0 Å². The lowest BCUT2D eigenvalue weighted by atomic mass is 10.2. The molecule has 8 nitrogen and oxygen atoms in total. The van der Waals surface area contributed by atoms with Crippen molar-refractivity contribution >= 4 is 21.8 Å².